The van der Waals surface area contributed by atoms with E-state index in [1.54, 1.807) is 7.11 Å². The van der Waals surface area contributed by atoms with Gasteiger partial charge < -0.3 is 20.1 Å². The highest BCUT2D eigenvalue weighted by molar-refractivity contribution is 5.97. The summed E-state index contributed by atoms with van der Waals surface area (Å²) in [6.07, 6.45) is 5.39. The second-order valence-electron chi connectivity index (χ2n) is 7.89. The summed E-state index contributed by atoms with van der Waals surface area (Å²) in [6.45, 7) is 2.66. The summed E-state index contributed by atoms with van der Waals surface area (Å²) < 4.78 is 11.7. The lowest BCUT2D eigenvalue weighted by atomic mass is 9.98. The first-order valence-corrected chi connectivity index (χ1v) is 10.1. The summed E-state index contributed by atoms with van der Waals surface area (Å²) in [5.74, 6) is 1.80. The fourth-order valence-electron chi connectivity index (χ4n) is 4.31. The number of methoxy groups -OCH3 is 1. The molecule has 2 aliphatic rings. The molecule has 2 aromatic carbocycles. The lowest BCUT2D eigenvalue weighted by Crippen LogP contribution is -2.25. The topological polar surface area (TPSA) is 64.8 Å². The van der Waals surface area contributed by atoms with Crippen molar-refractivity contribution in [2.45, 2.75) is 51.0 Å². The van der Waals surface area contributed by atoms with Crippen LogP contribution in [0.3, 0.4) is 0 Å². The highest BCUT2D eigenvalue weighted by atomic mass is 16.5. The number of aryl methyl sites for hydroxylation is 1. The molecule has 1 atom stereocenters. The molecular weight excluding hydrogens is 352 g/mol. The van der Waals surface area contributed by atoms with Crippen LogP contribution in [0.1, 0.15) is 49.1 Å². The van der Waals surface area contributed by atoms with E-state index in [9.17, 15) is 4.79 Å². The fourth-order valence-corrected chi connectivity index (χ4v) is 4.31. The van der Waals surface area contributed by atoms with Gasteiger partial charge >= 0.3 is 0 Å². The molecule has 1 amide bonds. The van der Waals surface area contributed by atoms with Crippen molar-refractivity contribution >= 4 is 17.3 Å². The summed E-state index contributed by atoms with van der Waals surface area (Å²) in [4.78, 5) is 14.6. The third-order valence-electron chi connectivity index (χ3n) is 5.90. The van der Waals surface area contributed by atoms with E-state index in [-0.39, 0.29) is 17.9 Å². The van der Waals surface area contributed by atoms with Gasteiger partial charge in [-0.2, -0.15) is 0 Å². The SMILES string of the molecule is COc1ccc(C2CC(=O)N(c3cc(N)ccc3C)C2)cc1OC1CCCC1. The van der Waals surface area contributed by atoms with Gasteiger partial charge in [0, 0.05) is 30.3 Å². The standard InChI is InChI=1S/C23H28N2O3/c1-15-7-9-18(24)13-20(15)25-14-17(12-23(25)26)16-8-10-21(27-2)22(11-16)28-19-5-3-4-6-19/h7-11,13,17,19H,3-6,12,14,24H2,1-2H3. The molecule has 0 spiro atoms. The third kappa shape index (κ3) is 3.66. The summed E-state index contributed by atoms with van der Waals surface area (Å²) in [5, 5.41) is 0. The summed E-state index contributed by atoms with van der Waals surface area (Å²) in [5.41, 5.74) is 9.70. The minimum absolute atomic E-state index is 0.130. The Morgan fingerprint density at radius 2 is 1.86 bits per heavy atom. The lowest BCUT2D eigenvalue weighted by molar-refractivity contribution is -0.117. The Balaban J connectivity index is 1.57. The predicted molar refractivity (Wildman–Crippen MR) is 111 cm³/mol. The van der Waals surface area contributed by atoms with E-state index in [2.05, 4.69) is 6.07 Å². The Kier molecular flexibility index (Phi) is 5.16. The van der Waals surface area contributed by atoms with Crippen LogP contribution < -0.4 is 20.1 Å². The van der Waals surface area contributed by atoms with Crippen molar-refractivity contribution in [1.82, 2.24) is 0 Å². The minimum atomic E-state index is 0.130. The number of nitrogens with zero attached hydrogens (tertiary/aromatic N) is 1. The van der Waals surface area contributed by atoms with Crippen LogP contribution in [0.5, 0.6) is 11.5 Å². The number of nitrogen functional groups attached to an aromatic ring is 1. The van der Waals surface area contributed by atoms with E-state index in [1.165, 1.54) is 12.8 Å². The Hall–Kier alpha value is -2.69. The van der Waals surface area contributed by atoms with Gasteiger partial charge in [0.15, 0.2) is 11.5 Å². The molecule has 1 saturated carbocycles. The lowest BCUT2D eigenvalue weighted by Gasteiger charge is -2.21. The zero-order valence-electron chi connectivity index (χ0n) is 16.6. The molecule has 0 aromatic heterocycles. The average Bonchev–Trinajstić information content (AvgIpc) is 3.33. The van der Waals surface area contributed by atoms with Gasteiger partial charge in [-0.05, 0) is 68.0 Å². The van der Waals surface area contributed by atoms with Gasteiger partial charge in [-0.15, -0.1) is 0 Å². The van der Waals surface area contributed by atoms with E-state index in [0.29, 0.717) is 18.7 Å². The van der Waals surface area contributed by atoms with Crippen LogP contribution in [-0.2, 0) is 4.79 Å². The van der Waals surface area contributed by atoms with Crippen LogP contribution in [0.4, 0.5) is 11.4 Å². The molecule has 148 valence electrons. The number of anilines is 2. The molecule has 4 rings (SSSR count). The van der Waals surface area contributed by atoms with Crippen molar-refractivity contribution in [2.75, 3.05) is 24.3 Å². The number of benzene rings is 2. The first-order chi connectivity index (χ1) is 13.5. The molecule has 2 N–H and O–H groups in total. The summed E-state index contributed by atoms with van der Waals surface area (Å²) in [7, 11) is 1.67. The van der Waals surface area contributed by atoms with Gasteiger partial charge in [-0.25, -0.2) is 0 Å². The largest absolute Gasteiger partial charge is 0.493 e. The van der Waals surface area contributed by atoms with Gasteiger partial charge in [-0.1, -0.05) is 12.1 Å². The zero-order valence-corrected chi connectivity index (χ0v) is 16.6. The monoisotopic (exact) mass is 380 g/mol. The molecule has 5 heteroatoms. The maximum absolute atomic E-state index is 12.7. The predicted octanol–water partition coefficient (Wildman–Crippen LogP) is 4.43. The highest BCUT2D eigenvalue weighted by Crippen LogP contribution is 2.38. The molecule has 1 unspecified atom stereocenters. The molecule has 2 aromatic rings. The Bertz CT molecular complexity index is 874. The highest BCUT2D eigenvalue weighted by Gasteiger charge is 2.33. The van der Waals surface area contributed by atoms with Crippen LogP contribution in [-0.4, -0.2) is 25.7 Å². The van der Waals surface area contributed by atoms with Crippen LogP contribution in [0.15, 0.2) is 36.4 Å². The maximum Gasteiger partial charge on any atom is 0.227 e. The number of ether oxygens (including phenoxy) is 2. The van der Waals surface area contributed by atoms with E-state index in [4.69, 9.17) is 15.2 Å². The van der Waals surface area contributed by atoms with Crippen LogP contribution >= 0.6 is 0 Å². The van der Waals surface area contributed by atoms with Gasteiger partial charge in [0.25, 0.3) is 0 Å². The van der Waals surface area contributed by atoms with Crippen molar-refractivity contribution in [3.8, 4) is 11.5 Å². The minimum Gasteiger partial charge on any atom is -0.493 e. The third-order valence-corrected chi connectivity index (χ3v) is 5.90. The Morgan fingerprint density at radius 3 is 2.61 bits per heavy atom. The van der Waals surface area contributed by atoms with E-state index in [0.717, 1.165) is 41.2 Å². The fraction of sp³-hybridized carbons (Fsp3) is 0.435. The Labute approximate surface area is 166 Å². The molecule has 1 aliphatic heterocycles. The van der Waals surface area contributed by atoms with Gasteiger partial charge in [0.2, 0.25) is 5.91 Å². The molecule has 1 heterocycles. The van der Waals surface area contributed by atoms with Crippen molar-refractivity contribution in [1.29, 1.82) is 0 Å². The van der Waals surface area contributed by atoms with Gasteiger partial charge in [0.1, 0.15) is 0 Å². The van der Waals surface area contributed by atoms with E-state index in [1.807, 2.05) is 42.2 Å². The van der Waals surface area contributed by atoms with E-state index < -0.39 is 0 Å². The molecule has 0 bridgehead atoms. The van der Waals surface area contributed by atoms with Gasteiger partial charge in [0.05, 0.1) is 13.2 Å². The second-order valence-corrected chi connectivity index (χ2v) is 7.89. The van der Waals surface area contributed by atoms with E-state index >= 15 is 0 Å². The molecule has 1 saturated heterocycles. The van der Waals surface area contributed by atoms with Crippen molar-refractivity contribution in [2.24, 2.45) is 0 Å². The van der Waals surface area contributed by atoms with Crippen molar-refractivity contribution in [3.05, 3.63) is 47.5 Å². The number of carbonyl (C=O) groups excluding carboxylic acids is 1. The number of amides is 1. The second kappa shape index (κ2) is 7.74. The smallest absolute Gasteiger partial charge is 0.227 e. The van der Waals surface area contributed by atoms with Crippen LogP contribution in [0, 0.1) is 6.92 Å². The number of carbonyl (C=O) groups is 1. The van der Waals surface area contributed by atoms with Crippen LogP contribution in [0.25, 0.3) is 0 Å². The first-order valence-electron chi connectivity index (χ1n) is 10.1. The molecule has 1 aliphatic carbocycles. The molecular formula is C23H28N2O3. The average molecular weight is 380 g/mol. The summed E-state index contributed by atoms with van der Waals surface area (Å²) >= 11 is 0. The molecule has 2 fully saturated rings. The summed E-state index contributed by atoms with van der Waals surface area (Å²) in [6, 6.07) is 11.8. The quantitative estimate of drug-likeness (QED) is 0.780. The molecule has 28 heavy (non-hydrogen) atoms. The number of nitrogens with two attached hydrogens (primary N) is 1. The van der Waals surface area contributed by atoms with Crippen molar-refractivity contribution < 1.29 is 14.3 Å². The van der Waals surface area contributed by atoms with Gasteiger partial charge in [-0.3, -0.25) is 4.79 Å². The molecule has 5 nitrogen and oxygen atoms in total. The normalized spacial score (nSPS) is 20.0. The number of hydrogen-bond donors (Lipinski definition) is 1. The first kappa shape index (κ1) is 18.7. The van der Waals surface area contributed by atoms with Crippen molar-refractivity contribution in [3.63, 3.8) is 0 Å². The Morgan fingerprint density at radius 1 is 1.07 bits per heavy atom. The maximum atomic E-state index is 12.7. The number of hydrogen-bond acceptors (Lipinski definition) is 4. The van der Waals surface area contributed by atoms with Crippen LogP contribution in [0.2, 0.25) is 0 Å². The zero-order chi connectivity index (χ0) is 19.7. The molecule has 0 radical (unpaired) electrons. The number of rotatable bonds is 5.